The van der Waals surface area contributed by atoms with Crippen LogP contribution in [-0.2, 0) is 7.05 Å². The number of aromatic amines is 1. The Labute approximate surface area is 148 Å². The van der Waals surface area contributed by atoms with E-state index in [1.807, 2.05) is 0 Å². The predicted octanol–water partition coefficient (Wildman–Crippen LogP) is -0.534. The van der Waals surface area contributed by atoms with Gasteiger partial charge in [0.05, 0.1) is 29.5 Å². The van der Waals surface area contributed by atoms with Gasteiger partial charge < -0.3 is 10.2 Å². The maximum Gasteiger partial charge on any atom is 0.273 e. The first kappa shape index (κ1) is 16.4. The summed E-state index contributed by atoms with van der Waals surface area (Å²) < 4.78 is 1.48. The quantitative estimate of drug-likeness (QED) is 0.760. The van der Waals surface area contributed by atoms with E-state index >= 15 is 0 Å². The molecule has 2 atom stereocenters. The van der Waals surface area contributed by atoms with Gasteiger partial charge in [-0.05, 0) is 25.7 Å². The lowest BCUT2D eigenvalue weighted by Crippen LogP contribution is -2.54. The maximum absolute atomic E-state index is 12.8. The summed E-state index contributed by atoms with van der Waals surface area (Å²) >= 11 is 0. The van der Waals surface area contributed by atoms with Crippen LogP contribution in [0.15, 0.2) is 23.3 Å². The van der Waals surface area contributed by atoms with Gasteiger partial charge in [0.25, 0.3) is 17.4 Å². The summed E-state index contributed by atoms with van der Waals surface area (Å²) in [6, 6.07) is 1.15. The average Bonchev–Trinajstić information content (AvgIpc) is 3.29. The summed E-state index contributed by atoms with van der Waals surface area (Å²) in [6.45, 7) is 0.525. The van der Waals surface area contributed by atoms with Gasteiger partial charge in [-0.1, -0.05) is 5.21 Å². The largest absolute Gasteiger partial charge is 0.343 e. The minimum absolute atomic E-state index is 0.102. The summed E-state index contributed by atoms with van der Waals surface area (Å²) in [7, 11) is 1.70. The highest BCUT2D eigenvalue weighted by Gasteiger charge is 2.53. The van der Waals surface area contributed by atoms with E-state index in [0.29, 0.717) is 13.0 Å². The van der Waals surface area contributed by atoms with Crippen LogP contribution in [0, 0.1) is 0 Å². The number of carbonyl (C=O) groups excluding carboxylic acids is 2. The van der Waals surface area contributed by atoms with Crippen LogP contribution in [0.1, 0.15) is 46.5 Å². The van der Waals surface area contributed by atoms with Gasteiger partial charge in [-0.15, -0.1) is 5.10 Å². The molecule has 0 bridgehead atoms. The Balaban J connectivity index is 1.56. The molecule has 4 rings (SSSR count). The fourth-order valence-corrected chi connectivity index (χ4v) is 4.13. The van der Waals surface area contributed by atoms with Gasteiger partial charge >= 0.3 is 0 Å². The maximum atomic E-state index is 12.8. The van der Waals surface area contributed by atoms with Gasteiger partial charge in [0, 0.05) is 19.7 Å². The molecule has 2 aromatic rings. The van der Waals surface area contributed by atoms with Crippen LogP contribution in [0.4, 0.5) is 0 Å². The number of carbonyl (C=O) groups is 2. The van der Waals surface area contributed by atoms with Crippen molar-refractivity contribution in [1.82, 2.24) is 35.4 Å². The third-order valence-corrected chi connectivity index (χ3v) is 5.28. The molecule has 1 saturated heterocycles. The standard InChI is InChI=1S/C16H19N7O3/c1-22-9-11(19-21-22)14(25)18-16-4-2-3-12(16)23(6-5-16)15(26)10-7-13(24)20-17-8-10/h7-9,12H,2-6H2,1H3,(H,18,25)(H,20,24). The summed E-state index contributed by atoms with van der Waals surface area (Å²) in [5.74, 6) is -0.511. The topological polar surface area (TPSA) is 126 Å². The van der Waals surface area contributed by atoms with Crippen LogP contribution in [0.25, 0.3) is 0 Å². The van der Waals surface area contributed by atoms with Gasteiger partial charge in [0.1, 0.15) is 0 Å². The van der Waals surface area contributed by atoms with Crippen molar-refractivity contribution in [2.75, 3.05) is 6.54 Å². The number of nitrogens with one attached hydrogen (secondary N) is 2. The lowest BCUT2D eigenvalue weighted by atomic mass is 9.92. The van der Waals surface area contributed by atoms with Crippen molar-refractivity contribution in [3.05, 3.63) is 40.1 Å². The lowest BCUT2D eigenvalue weighted by Gasteiger charge is -2.33. The van der Waals surface area contributed by atoms with E-state index in [4.69, 9.17) is 0 Å². The van der Waals surface area contributed by atoms with Gasteiger partial charge in [-0.2, -0.15) is 5.10 Å². The van der Waals surface area contributed by atoms with Crippen molar-refractivity contribution in [1.29, 1.82) is 0 Å². The Morgan fingerprint density at radius 1 is 1.38 bits per heavy atom. The van der Waals surface area contributed by atoms with Crippen molar-refractivity contribution in [2.45, 2.75) is 37.3 Å². The van der Waals surface area contributed by atoms with Crippen LogP contribution in [0.5, 0.6) is 0 Å². The molecular formula is C16H19N7O3. The molecule has 2 aliphatic rings. The molecule has 2 N–H and O–H groups in total. The molecule has 10 nitrogen and oxygen atoms in total. The van der Waals surface area contributed by atoms with Crippen LogP contribution in [-0.4, -0.2) is 60.0 Å². The summed E-state index contributed by atoms with van der Waals surface area (Å²) in [5, 5.41) is 16.7. The molecule has 136 valence electrons. The zero-order chi connectivity index (χ0) is 18.3. The predicted molar refractivity (Wildman–Crippen MR) is 89.4 cm³/mol. The van der Waals surface area contributed by atoms with Gasteiger partial charge in [-0.25, -0.2) is 5.10 Å². The number of aryl methyl sites for hydroxylation is 1. The molecule has 1 saturated carbocycles. The monoisotopic (exact) mass is 357 g/mol. The molecule has 10 heteroatoms. The molecule has 0 aromatic carbocycles. The lowest BCUT2D eigenvalue weighted by molar-refractivity contribution is 0.0693. The van der Waals surface area contributed by atoms with Crippen molar-refractivity contribution in [2.24, 2.45) is 7.05 Å². The smallest absolute Gasteiger partial charge is 0.273 e. The van der Waals surface area contributed by atoms with E-state index < -0.39 is 11.1 Å². The number of hydrogen-bond acceptors (Lipinski definition) is 6. The van der Waals surface area contributed by atoms with E-state index in [0.717, 1.165) is 19.3 Å². The van der Waals surface area contributed by atoms with Crippen molar-refractivity contribution >= 4 is 11.8 Å². The third-order valence-electron chi connectivity index (χ3n) is 5.28. The fourth-order valence-electron chi connectivity index (χ4n) is 4.13. The number of rotatable bonds is 3. The van der Waals surface area contributed by atoms with Crippen molar-refractivity contribution in [3.63, 3.8) is 0 Å². The van der Waals surface area contributed by atoms with E-state index in [1.165, 1.54) is 16.9 Å². The molecule has 2 aromatic heterocycles. The molecule has 0 radical (unpaired) electrons. The first-order valence-electron chi connectivity index (χ1n) is 8.53. The molecule has 26 heavy (non-hydrogen) atoms. The SMILES string of the molecule is Cn1cc(C(=O)NC23CCCC2N(C(=O)c2cn[nH]c(=O)c2)CC3)nn1. The second-order valence-corrected chi connectivity index (χ2v) is 6.88. The fraction of sp³-hybridized carbons (Fsp3) is 0.500. The minimum atomic E-state index is -0.459. The number of amides is 2. The summed E-state index contributed by atoms with van der Waals surface area (Å²) in [6.07, 6.45) is 6.13. The Morgan fingerprint density at radius 2 is 2.23 bits per heavy atom. The number of likely N-dealkylation sites (tertiary alicyclic amines) is 1. The Kier molecular flexibility index (Phi) is 3.82. The highest BCUT2D eigenvalue weighted by Crippen LogP contribution is 2.42. The summed E-state index contributed by atoms with van der Waals surface area (Å²) in [5.41, 5.74) is -0.352. The second kappa shape index (κ2) is 6.04. The highest BCUT2D eigenvalue weighted by molar-refractivity contribution is 5.95. The van der Waals surface area contributed by atoms with Crippen LogP contribution >= 0.6 is 0 Å². The molecule has 2 fully saturated rings. The molecule has 3 heterocycles. The number of nitrogens with zero attached hydrogens (tertiary/aromatic N) is 5. The zero-order valence-corrected chi connectivity index (χ0v) is 14.3. The van der Waals surface area contributed by atoms with E-state index in [-0.39, 0.29) is 29.1 Å². The Bertz CT molecular complexity index is 920. The van der Waals surface area contributed by atoms with Gasteiger partial charge in [0.2, 0.25) is 0 Å². The van der Waals surface area contributed by atoms with Crippen molar-refractivity contribution < 1.29 is 9.59 Å². The van der Waals surface area contributed by atoms with E-state index in [2.05, 4.69) is 25.8 Å². The minimum Gasteiger partial charge on any atom is -0.343 e. The Morgan fingerprint density at radius 3 is 2.96 bits per heavy atom. The molecular weight excluding hydrogens is 338 g/mol. The van der Waals surface area contributed by atoms with Gasteiger partial charge in [0.15, 0.2) is 5.69 Å². The zero-order valence-electron chi connectivity index (χ0n) is 14.3. The Hall–Kier alpha value is -3.04. The first-order valence-corrected chi connectivity index (χ1v) is 8.53. The first-order chi connectivity index (χ1) is 12.5. The molecule has 2 amide bonds. The van der Waals surface area contributed by atoms with Gasteiger partial charge in [-0.3, -0.25) is 19.1 Å². The number of hydrogen-bond donors (Lipinski definition) is 2. The third kappa shape index (κ3) is 2.67. The summed E-state index contributed by atoms with van der Waals surface area (Å²) in [4.78, 5) is 38.6. The molecule has 0 spiro atoms. The second-order valence-electron chi connectivity index (χ2n) is 6.88. The average molecular weight is 357 g/mol. The number of H-pyrrole nitrogens is 1. The van der Waals surface area contributed by atoms with Crippen LogP contribution in [0.2, 0.25) is 0 Å². The van der Waals surface area contributed by atoms with E-state index in [1.54, 1.807) is 18.1 Å². The number of aromatic nitrogens is 5. The van der Waals surface area contributed by atoms with Crippen LogP contribution in [0.3, 0.4) is 0 Å². The normalized spacial score (nSPS) is 24.5. The van der Waals surface area contributed by atoms with E-state index in [9.17, 15) is 14.4 Å². The highest BCUT2D eigenvalue weighted by atomic mass is 16.2. The molecule has 1 aliphatic heterocycles. The number of fused-ring (bicyclic) bond motifs is 1. The molecule has 2 unspecified atom stereocenters. The van der Waals surface area contributed by atoms with Crippen LogP contribution < -0.4 is 10.9 Å². The van der Waals surface area contributed by atoms with Crippen molar-refractivity contribution in [3.8, 4) is 0 Å². The molecule has 1 aliphatic carbocycles.